The van der Waals surface area contributed by atoms with Crippen molar-refractivity contribution in [2.24, 2.45) is 0 Å². The zero-order chi connectivity index (χ0) is 21.6. The van der Waals surface area contributed by atoms with Gasteiger partial charge in [-0.05, 0) is 42.3 Å². The average molecular weight is 427 g/mol. The van der Waals surface area contributed by atoms with E-state index in [1.807, 2.05) is 37.3 Å². The molecule has 0 radical (unpaired) electrons. The number of carbonyl (C=O) groups is 1. The summed E-state index contributed by atoms with van der Waals surface area (Å²) in [6, 6.07) is 21.4. The molecule has 1 N–H and O–H groups in total. The molecule has 0 heterocycles. The molecule has 0 aliphatic carbocycles. The van der Waals surface area contributed by atoms with Crippen LogP contribution in [0.2, 0.25) is 0 Å². The summed E-state index contributed by atoms with van der Waals surface area (Å²) in [5.41, 5.74) is 2.45. The van der Waals surface area contributed by atoms with E-state index in [1.54, 1.807) is 36.4 Å². The van der Waals surface area contributed by atoms with E-state index in [4.69, 9.17) is 0 Å². The molecule has 0 spiro atoms. The van der Waals surface area contributed by atoms with E-state index >= 15 is 0 Å². The van der Waals surface area contributed by atoms with Crippen LogP contribution in [0.3, 0.4) is 0 Å². The van der Waals surface area contributed by atoms with Crippen LogP contribution in [-0.4, -0.2) is 25.2 Å². The molecule has 3 aromatic rings. The molecule has 0 aliphatic heterocycles. The van der Waals surface area contributed by atoms with E-state index in [1.165, 1.54) is 12.1 Å². The number of amides is 1. The van der Waals surface area contributed by atoms with Gasteiger partial charge in [0.2, 0.25) is 15.9 Å². The van der Waals surface area contributed by atoms with E-state index < -0.39 is 15.9 Å². The highest BCUT2D eigenvalue weighted by Crippen LogP contribution is 2.19. The second kappa shape index (κ2) is 9.65. The van der Waals surface area contributed by atoms with Gasteiger partial charge in [0.1, 0.15) is 5.82 Å². The molecule has 0 aromatic heterocycles. The highest BCUT2D eigenvalue weighted by molar-refractivity contribution is 7.89. The van der Waals surface area contributed by atoms with Gasteiger partial charge >= 0.3 is 0 Å². The second-order valence-corrected chi connectivity index (χ2v) is 8.91. The summed E-state index contributed by atoms with van der Waals surface area (Å²) >= 11 is 0. The molecular weight excluding hydrogens is 403 g/mol. The van der Waals surface area contributed by atoms with Gasteiger partial charge in [0.25, 0.3) is 0 Å². The molecule has 30 heavy (non-hydrogen) atoms. The summed E-state index contributed by atoms with van der Waals surface area (Å²) in [5, 5.41) is 2.70. The third-order valence-corrected chi connectivity index (χ3v) is 6.39. The van der Waals surface area contributed by atoms with Crippen LogP contribution in [0, 0.1) is 12.7 Å². The Hall–Kier alpha value is -3.03. The first-order valence-corrected chi connectivity index (χ1v) is 10.9. The van der Waals surface area contributed by atoms with Crippen LogP contribution in [0.4, 0.5) is 4.39 Å². The zero-order valence-corrected chi connectivity index (χ0v) is 17.4. The Bertz CT molecular complexity index is 1080. The molecule has 3 rings (SSSR count). The quantitative estimate of drug-likeness (QED) is 0.598. The normalized spacial score (nSPS) is 11.4. The first-order valence-electron chi connectivity index (χ1n) is 9.46. The Balaban J connectivity index is 1.77. The lowest BCUT2D eigenvalue weighted by Crippen LogP contribution is -2.40. The smallest absolute Gasteiger partial charge is 0.243 e. The average Bonchev–Trinajstić information content (AvgIpc) is 2.74. The van der Waals surface area contributed by atoms with Crippen molar-refractivity contribution in [3.63, 3.8) is 0 Å². The highest BCUT2D eigenvalue weighted by atomic mass is 32.2. The molecule has 0 bridgehead atoms. The summed E-state index contributed by atoms with van der Waals surface area (Å²) < 4.78 is 40.6. The molecular formula is C23H23FN2O3S. The molecule has 0 saturated carbocycles. The largest absolute Gasteiger partial charge is 0.351 e. The predicted molar refractivity (Wildman–Crippen MR) is 113 cm³/mol. The number of halogens is 1. The number of benzene rings is 3. The Labute approximate surface area is 176 Å². The third-order valence-electron chi connectivity index (χ3n) is 4.58. The molecule has 0 aliphatic rings. The number of rotatable bonds is 8. The fraction of sp³-hybridized carbons (Fsp3) is 0.174. The summed E-state index contributed by atoms with van der Waals surface area (Å²) in [7, 11) is -3.88. The van der Waals surface area contributed by atoms with Gasteiger partial charge in [-0.2, -0.15) is 4.31 Å². The zero-order valence-electron chi connectivity index (χ0n) is 16.6. The van der Waals surface area contributed by atoms with Crippen LogP contribution in [0.15, 0.2) is 83.8 Å². The maximum Gasteiger partial charge on any atom is 0.243 e. The number of nitrogens with one attached hydrogen (secondary N) is 1. The van der Waals surface area contributed by atoms with Gasteiger partial charge in [-0.15, -0.1) is 0 Å². The van der Waals surface area contributed by atoms with E-state index in [0.29, 0.717) is 0 Å². The fourth-order valence-electron chi connectivity index (χ4n) is 2.89. The molecule has 1 amide bonds. The molecule has 0 saturated heterocycles. The van der Waals surface area contributed by atoms with Gasteiger partial charge in [0.05, 0.1) is 11.4 Å². The molecule has 7 heteroatoms. The van der Waals surface area contributed by atoms with E-state index in [2.05, 4.69) is 5.32 Å². The van der Waals surface area contributed by atoms with Crippen molar-refractivity contribution in [3.8, 4) is 0 Å². The Morgan fingerprint density at radius 2 is 1.53 bits per heavy atom. The molecule has 3 aromatic carbocycles. The van der Waals surface area contributed by atoms with Crippen molar-refractivity contribution in [3.05, 3.63) is 101 Å². The van der Waals surface area contributed by atoms with Crippen molar-refractivity contribution in [2.75, 3.05) is 6.54 Å². The summed E-state index contributed by atoms with van der Waals surface area (Å²) in [6.07, 6.45) is 0. The van der Waals surface area contributed by atoms with Crippen LogP contribution >= 0.6 is 0 Å². The molecule has 156 valence electrons. The number of hydrogen-bond donors (Lipinski definition) is 1. The van der Waals surface area contributed by atoms with E-state index in [0.717, 1.165) is 21.0 Å². The van der Waals surface area contributed by atoms with Crippen LogP contribution in [0.5, 0.6) is 0 Å². The number of carbonyl (C=O) groups excluding carboxylic acids is 1. The lowest BCUT2D eigenvalue weighted by molar-refractivity contribution is -0.121. The minimum absolute atomic E-state index is 0.0705. The topological polar surface area (TPSA) is 66.5 Å². The van der Waals surface area contributed by atoms with Gasteiger partial charge in [-0.3, -0.25) is 4.79 Å². The monoisotopic (exact) mass is 426 g/mol. The lowest BCUT2D eigenvalue weighted by Gasteiger charge is -2.22. The molecule has 0 fully saturated rings. The summed E-state index contributed by atoms with van der Waals surface area (Å²) in [6.45, 7) is 1.80. The van der Waals surface area contributed by atoms with Crippen molar-refractivity contribution < 1.29 is 17.6 Å². The maximum atomic E-state index is 13.2. The third kappa shape index (κ3) is 5.75. The first-order chi connectivity index (χ1) is 14.3. The van der Waals surface area contributed by atoms with Crippen LogP contribution in [0.25, 0.3) is 0 Å². The van der Waals surface area contributed by atoms with Crippen LogP contribution in [0.1, 0.15) is 16.7 Å². The van der Waals surface area contributed by atoms with Gasteiger partial charge in [-0.25, -0.2) is 12.8 Å². The predicted octanol–water partition coefficient (Wildman–Crippen LogP) is 3.64. The van der Waals surface area contributed by atoms with Crippen molar-refractivity contribution in [1.82, 2.24) is 9.62 Å². The maximum absolute atomic E-state index is 13.2. The summed E-state index contributed by atoms with van der Waals surface area (Å²) in [4.78, 5) is 12.7. The van der Waals surface area contributed by atoms with Gasteiger partial charge in [0.15, 0.2) is 0 Å². The Morgan fingerprint density at radius 1 is 0.900 bits per heavy atom. The van der Waals surface area contributed by atoms with Crippen molar-refractivity contribution in [1.29, 1.82) is 0 Å². The van der Waals surface area contributed by atoms with Crippen molar-refractivity contribution >= 4 is 15.9 Å². The van der Waals surface area contributed by atoms with E-state index in [-0.39, 0.29) is 30.3 Å². The molecule has 5 nitrogen and oxygen atoms in total. The number of nitrogens with zero attached hydrogens (tertiary/aromatic N) is 1. The van der Waals surface area contributed by atoms with E-state index in [9.17, 15) is 17.6 Å². The molecule has 0 atom stereocenters. The molecule has 0 unspecified atom stereocenters. The van der Waals surface area contributed by atoms with Gasteiger partial charge < -0.3 is 5.32 Å². The number of sulfonamides is 1. The minimum Gasteiger partial charge on any atom is -0.351 e. The highest BCUT2D eigenvalue weighted by Gasteiger charge is 2.26. The van der Waals surface area contributed by atoms with Gasteiger partial charge in [-0.1, -0.05) is 60.2 Å². The summed E-state index contributed by atoms with van der Waals surface area (Å²) in [5.74, 6) is -0.797. The first kappa shape index (κ1) is 21.7. The Kier molecular flexibility index (Phi) is 6.97. The lowest BCUT2D eigenvalue weighted by atomic mass is 10.2. The second-order valence-electron chi connectivity index (χ2n) is 6.97. The number of hydrogen-bond acceptors (Lipinski definition) is 3. The SMILES string of the molecule is Cc1ccc(S(=O)(=O)N(CC(=O)NCc2ccc(F)cc2)Cc2ccccc2)cc1. The Morgan fingerprint density at radius 3 is 2.17 bits per heavy atom. The van der Waals surface area contributed by atoms with Gasteiger partial charge in [0, 0.05) is 13.1 Å². The number of aryl methyl sites for hydroxylation is 1. The van der Waals surface area contributed by atoms with Crippen LogP contribution < -0.4 is 5.32 Å². The standard InChI is InChI=1S/C23H23FN2O3S/c1-18-7-13-22(14-8-18)30(28,29)26(16-20-5-3-2-4-6-20)17-23(27)25-15-19-9-11-21(24)12-10-19/h2-14H,15-17H2,1H3,(H,25,27). The fourth-order valence-corrected chi connectivity index (χ4v) is 4.28. The van der Waals surface area contributed by atoms with Crippen LogP contribution in [-0.2, 0) is 27.9 Å². The minimum atomic E-state index is -3.88. The van der Waals surface area contributed by atoms with Crippen molar-refractivity contribution in [2.45, 2.75) is 24.9 Å².